The number of Topliss-reactive ketones (excluding diaryl/α,β-unsaturated/α-hetero) is 1. The monoisotopic (exact) mass is 465 g/mol. The van der Waals surface area contributed by atoms with Crippen molar-refractivity contribution in [1.29, 1.82) is 0 Å². The van der Waals surface area contributed by atoms with E-state index in [0.29, 0.717) is 48.5 Å². The Labute approximate surface area is 197 Å². The number of fused-ring (bicyclic) bond motifs is 1. The van der Waals surface area contributed by atoms with E-state index in [2.05, 4.69) is 14.9 Å². The molecule has 1 fully saturated rings. The van der Waals surface area contributed by atoms with Crippen molar-refractivity contribution < 1.29 is 18.7 Å². The van der Waals surface area contributed by atoms with Gasteiger partial charge in [0.1, 0.15) is 17.1 Å². The number of hydrogen-bond donors (Lipinski definition) is 1. The number of halogens is 1. The first-order chi connectivity index (χ1) is 16.1. The highest BCUT2D eigenvalue weighted by Gasteiger charge is 2.26. The van der Waals surface area contributed by atoms with Crippen LogP contribution in [0.5, 0.6) is 0 Å². The van der Waals surface area contributed by atoms with E-state index in [1.807, 2.05) is 39.0 Å². The quantitative estimate of drug-likeness (QED) is 0.461. The van der Waals surface area contributed by atoms with Gasteiger partial charge in [-0.15, -0.1) is 0 Å². The van der Waals surface area contributed by atoms with Gasteiger partial charge in [-0.05, 0) is 62.7 Å². The summed E-state index contributed by atoms with van der Waals surface area (Å²) in [5.41, 5.74) is 8.55. The molecule has 1 aliphatic rings. The van der Waals surface area contributed by atoms with Gasteiger partial charge in [0.15, 0.2) is 5.78 Å². The number of hydrogen-bond acceptors (Lipinski definition) is 7. The Hall–Kier alpha value is -3.75. The van der Waals surface area contributed by atoms with Gasteiger partial charge in [-0.2, -0.15) is 0 Å². The SMILES string of the molecule is CC(C)(C)OC(=O)N1CCN(c2ccc3nc(C(=O)Cc4cc(F)ccc4N)cnc3c2)CC1. The van der Waals surface area contributed by atoms with Crippen LogP contribution in [0.15, 0.2) is 42.6 Å². The third-order valence-corrected chi connectivity index (χ3v) is 5.56. The van der Waals surface area contributed by atoms with E-state index in [1.165, 1.54) is 24.4 Å². The van der Waals surface area contributed by atoms with Crippen LogP contribution in [0.25, 0.3) is 11.0 Å². The van der Waals surface area contributed by atoms with E-state index >= 15 is 0 Å². The number of benzene rings is 2. The summed E-state index contributed by atoms with van der Waals surface area (Å²) in [5, 5.41) is 0. The third kappa shape index (κ3) is 5.41. The van der Waals surface area contributed by atoms with Gasteiger partial charge in [-0.3, -0.25) is 9.78 Å². The van der Waals surface area contributed by atoms with Crippen molar-refractivity contribution >= 4 is 34.3 Å². The van der Waals surface area contributed by atoms with Crippen molar-refractivity contribution in [2.75, 3.05) is 36.8 Å². The molecule has 1 amide bonds. The van der Waals surface area contributed by atoms with Crippen molar-refractivity contribution in [2.24, 2.45) is 0 Å². The molecule has 0 unspecified atom stereocenters. The van der Waals surface area contributed by atoms with Gasteiger partial charge in [0.2, 0.25) is 0 Å². The lowest BCUT2D eigenvalue weighted by molar-refractivity contribution is 0.0240. The topological polar surface area (TPSA) is 102 Å². The van der Waals surface area contributed by atoms with E-state index in [4.69, 9.17) is 10.5 Å². The molecule has 0 bridgehead atoms. The molecule has 1 aliphatic heterocycles. The maximum absolute atomic E-state index is 13.5. The third-order valence-electron chi connectivity index (χ3n) is 5.56. The lowest BCUT2D eigenvalue weighted by atomic mass is 10.1. The zero-order chi connectivity index (χ0) is 24.5. The Kier molecular flexibility index (Phi) is 6.37. The van der Waals surface area contributed by atoms with Crippen LogP contribution in [0, 0.1) is 5.82 Å². The van der Waals surface area contributed by atoms with E-state index in [1.54, 1.807) is 4.90 Å². The second-order valence-electron chi connectivity index (χ2n) is 9.33. The van der Waals surface area contributed by atoms with Crippen LogP contribution in [0.1, 0.15) is 36.8 Å². The van der Waals surface area contributed by atoms with Crippen molar-refractivity contribution in [2.45, 2.75) is 32.8 Å². The Morgan fingerprint density at radius 2 is 1.79 bits per heavy atom. The average Bonchev–Trinajstić information content (AvgIpc) is 2.79. The highest BCUT2D eigenvalue weighted by molar-refractivity contribution is 5.97. The van der Waals surface area contributed by atoms with Gasteiger partial charge in [0, 0.05) is 44.0 Å². The molecule has 34 heavy (non-hydrogen) atoms. The molecular weight excluding hydrogens is 437 g/mol. The van der Waals surface area contributed by atoms with Crippen LogP contribution in [-0.4, -0.2) is 58.5 Å². The molecule has 0 atom stereocenters. The lowest BCUT2D eigenvalue weighted by Gasteiger charge is -2.36. The molecule has 178 valence electrons. The zero-order valence-electron chi connectivity index (χ0n) is 19.5. The van der Waals surface area contributed by atoms with Crippen LogP contribution >= 0.6 is 0 Å². The predicted octanol–water partition coefficient (Wildman–Crippen LogP) is 3.83. The summed E-state index contributed by atoms with van der Waals surface area (Å²) < 4.78 is 19.0. The fourth-order valence-electron chi connectivity index (χ4n) is 3.79. The number of ether oxygens (including phenoxy) is 1. The molecule has 1 aromatic heterocycles. The average molecular weight is 466 g/mol. The maximum atomic E-state index is 13.5. The summed E-state index contributed by atoms with van der Waals surface area (Å²) in [7, 11) is 0. The fraction of sp³-hybridized carbons (Fsp3) is 0.360. The number of amides is 1. The molecule has 2 N–H and O–H groups in total. The standard InChI is InChI=1S/C25H28FN5O3/c1-25(2,3)34-24(33)31-10-8-30(9-11-31)18-5-7-20-21(14-18)28-15-22(29-20)23(32)13-16-12-17(26)4-6-19(16)27/h4-7,12,14-15H,8-11,13,27H2,1-3H3. The molecule has 9 heteroatoms. The number of aromatic nitrogens is 2. The number of ketones is 1. The van der Waals surface area contributed by atoms with Gasteiger partial charge >= 0.3 is 6.09 Å². The molecule has 0 saturated carbocycles. The Balaban J connectivity index is 1.43. The summed E-state index contributed by atoms with van der Waals surface area (Å²) in [4.78, 5) is 37.7. The molecule has 4 rings (SSSR count). The van der Waals surface area contributed by atoms with E-state index in [9.17, 15) is 14.0 Å². The van der Waals surface area contributed by atoms with E-state index < -0.39 is 11.4 Å². The van der Waals surface area contributed by atoms with Crippen LogP contribution in [0.3, 0.4) is 0 Å². The first kappa shape index (κ1) is 23.4. The second-order valence-corrected chi connectivity index (χ2v) is 9.33. The summed E-state index contributed by atoms with van der Waals surface area (Å²) >= 11 is 0. The molecule has 0 radical (unpaired) electrons. The van der Waals surface area contributed by atoms with E-state index in [-0.39, 0.29) is 24.0 Å². The Bertz CT molecular complexity index is 1230. The number of nitrogens with zero attached hydrogens (tertiary/aromatic N) is 4. The minimum atomic E-state index is -0.518. The minimum absolute atomic E-state index is 0.0518. The van der Waals surface area contributed by atoms with Crippen molar-refractivity contribution in [3.8, 4) is 0 Å². The Morgan fingerprint density at radius 1 is 1.06 bits per heavy atom. The fourth-order valence-corrected chi connectivity index (χ4v) is 3.79. The maximum Gasteiger partial charge on any atom is 0.410 e. The number of piperazine rings is 1. The molecule has 1 saturated heterocycles. The summed E-state index contributed by atoms with van der Waals surface area (Å²) in [6, 6.07) is 9.64. The number of rotatable bonds is 4. The van der Waals surface area contributed by atoms with Gasteiger partial charge in [-0.25, -0.2) is 14.2 Å². The number of nitrogens with two attached hydrogens (primary N) is 1. The van der Waals surface area contributed by atoms with E-state index in [0.717, 1.165) is 5.69 Å². The van der Waals surface area contributed by atoms with Gasteiger partial charge in [-0.1, -0.05) is 0 Å². The van der Waals surface area contributed by atoms with Gasteiger partial charge in [0.05, 0.1) is 17.2 Å². The van der Waals surface area contributed by atoms with Crippen LogP contribution in [0.2, 0.25) is 0 Å². The summed E-state index contributed by atoms with van der Waals surface area (Å²) in [6.07, 6.45) is 1.09. The van der Waals surface area contributed by atoms with Crippen LogP contribution in [-0.2, 0) is 11.2 Å². The van der Waals surface area contributed by atoms with Crippen molar-refractivity contribution in [3.05, 3.63) is 59.7 Å². The van der Waals surface area contributed by atoms with Crippen LogP contribution in [0.4, 0.5) is 20.6 Å². The smallest absolute Gasteiger partial charge is 0.410 e. The van der Waals surface area contributed by atoms with Crippen molar-refractivity contribution in [3.63, 3.8) is 0 Å². The molecular formula is C25H28FN5O3. The number of carbonyl (C=O) groups is 2. The highest BCUT2D eigenvalue weighted by atomic mass is 19.1. The normalized spacial score (nSPS) is 14.4. The lowest BCUT2D eigenvalue weighted by Crippen LogP contribution is -2.50. The number of anilines is 2. The number of nitrogen functional groups attached to an aromatic ring is 1. The molecule has 0 spiro atoms. The van der Waals surface area contributed by atoms with Crippen LogP contribution < -0.4 is 10.6 Å². The largest absolute Gasteiger partial charge is 0.444 e. The molecule has 3 aromatic rings. The van der Waals surface area contributed by atoms with Gasteiger partial charge < -0.3 is 20.3 Å². The highest BCUT2D eigenvalue weighted by Crippen LogP contribution is 2.23. The van der Waals surface area contributed by atoms with Gasteiger partial charge in [0.25, 0.3) is 0 Å². The number of carbonyl (C=O) groups excluding carboxylic acids is 2. The second kappa shape index (κ2) is 9.24. The summed E-state index contributed by atoms with van der Waals surface area (Å²) in [5.74, 6) is -0.727. The zero-order valence-corrected chi connectivity index (χ0v) is 19.5. The predicted molar refractivity (Wildman–Crippen MR) is 128 cm³/mol. The molecule has 2 heterocycles. The summed E-state index contributed by atoms with van der Waals surface area (Å²) in [6.45, 7) is 8.03. The molecule has 0 aliphatic carbocycles. The van der Waals surface area contributed by atoms with Crippen molar-refractivity contribution in [1.82, 2.24) is 14.9 Å². The minimum Gasteiger partial charge on any atom is -0.444 e. The first-order valence-corrected chi connectivity index (χ1v) is 11.2. The Morgan fingerprint density at radius 3 is 2.50 bits per heavy atom. The molecule has 8 nitrogen and oxygen atoms in total. The molecule has 2 aromatic carbocycles. The first-order valence-electron chi connectivity index (χ1n) is 11.2.